The molecule has 0 heterocycles. The molecule has 0 amide bonds. The van der Waals surface area contributed by atoms with Crippen LogP contribution in [0.15, 0.2) is 140 Å². The molecule has 0 saturated heterocycles. The topological polar surface area (TPSA) is 29.5 Å². The van der Waals surface area contributed by atoms with Crippen molar-refractivity contribution in [1.82, 2.24) is 0 Å². The Kier molecular flexibility index (Phi) is 9.66. The number of nitrogens with zero attached hydrogens (tertiary/aromatic N) is 1. The van der Waals surface area contributed by atoms with E-state index in [-0.39, 0.29) is 6.61 Å². The fraction of sp³-hybridized carbons (Fsp3) is 0.125. The third-order valence-corrected chi connectivity index (χ3v) is 7.39. The van der Waals surface area contributed by atoms with Crippen LogP contribution in [-0.4, -0.2) is 5.97 Å². The van der Waals surface area contributed by atoms with E-state index in [1.54, 1.807) is 0 Å². The quantitative estimate of drug-likeness (QED) is 0.0909. The van der Waals surface area contributed by atoms with Gasteiger partial charge in [-0.05, 0) is 89.2 Å². The summed E-state index contributed by atoms with van der Waals surface area (Å²) >= 11 is 0. The van der Waals surface area contributed by atoms with E-state index in [0.29, 0.717) is 0 Å². The van der Waals surface area contributed by atoms with Gasteiger partial charge in [-0.25, -0.2) is 4.79 Å². The minimum Gasteiger partial charge on any atom is -0.458 e. The molecule has 5 aromatic rings. The molecule has 0 unspecified atom stereocenters. The SMILES string of the molecule is C=CC(=O)OCc1ccc(N(c2ccc(C)cc2)c2ccc(/C=C(\c3ccccc3)c3ccc(CCC)cc3)cc2)cc1. The lowest BCUT2D eigenvalue weighted by Gasteiger charge is -2.26. The molecular weight excluding hydrogens is 526 g/mol. The van der Waals surface area contributed by atoms with Crippen LogP contribution in [0.4, 0.5) is 17.1 Å². The Labute approximate surface area is 255 Å². The van der Waals surface area contributed by atoms with Crippen molar-refractivity contribution in [3.63, 3.8) is 0 Å². The number of hydrogen-bond donors (Lipinski definition) is 0. The molecule has 214 valence electrons. The molecule has 5 rings (SSSR count). The first-order valence-electron chi connectivity index (χ1n) is 14.8. The predicted molar refractivity (Wildman–Crippen MR) is 180 cm³/mol. The molecule has 0 aliphatic heterocycles. The molecular formula is C40H37NO2. The van der Waals surface area contributed by atoms with Crippen LogP contribution < -0.4 is 4.90 Å². The van der Waals surface area contributed by atoms with Crippen LogP contribution in [-0.2, 0) is 22.6 Å². The molecule has 0 fully saturated rings. The maximum Gasteiger partial charge on any atom is 0.330 e. The van der Waals surface area contributed by atoms with Crippen LogP contribution in [0.2, 0.25) is 0 Å². The van der Waals surface area contributed by atoms with Crippen LogP contribution in [0, 0.1) is 6.92 Å². The Hall–Kier alpha value is -5.15. The van der Waals surface area contributed by atoms with Crippen molar-refractivity contribution in [3.05, 3.63) is 173 Å². The number of carbonyl (C=O) groups is 1. The summed E-state index contributed by atoms with van der Waals surface area (Å²) in [4.78, 5) is 13.7. The van der Waals surface area contributed by atoms with Crippen molar-refractivity contribution < 1.29 is 9.53 Å². The highest BCUT2D eigenvalue weighted by Gasteiger charge is 2.13. The largest absolute Gasteiger partial charge is 0.458 e. The molecule has 0 bridgehead atoms. The van der Waals surface area contributed by atoms with E-state index < -0.39 is 5.97 Å². The van der Waals surface area contributed by atoms with Gasteiger partial charge in [0.25, 0.3) is 0 Å². The van der Waals surface area contributed by atoms with Gasteiger partial charge in [0.1, 0.15) is 6.61 Å². The summed E-state index contributed by atoms with van der Waals surface area (Å²) in [5.41, 5.74) is 11.3. The van der Waals surface area contributed by atoms with Gasteiger partial charge in [-0.15, -0.1) is 0 Å². The summed E-state index contributed by atoms with van der Waals surface area (Å²) < 4.78 is 5.21. The third kappa shape index (κ3) is 7.58. The van der Waals surface area contributed by atoms with Crippen molar-refractivity contribution in [2.45, 2.75) is 33.3 Å². The molecule has 0 N–H and O–H groups in total. The Morgan fingerprint density at radius 2 is 1.23 bits per heavy atom. The average molecular weight is 564 g/mol. The second-order valence-electron chi connectivity index (χ2n) is 10.6. The lowest BCUT2D eigenvalue weighted by atomic mass is 9.94. The minimum atomic E-state index is -0.427. The predicted octanol–water partition coefficient (Wildman–Crippen LogP) is 10.2. The molecule has 0 aliphatic rings. The molecule has 0 radical (unpaired) electrons. The smallest absolute Gasteiger partial charge is 0.330 e. The Bertz CT molecular complexity index is 1670. The average Bonchev–Trinajstić information content (AvgIpc) is 3.06. The lowest BCUT2D eigenvalue weighted by molar-refractivity contribution is -0.138. The number of aryl methyl sites for hydroxylation is 2. The van der Waals surface area contributed by atoms with Crippen molar-refractivity contribution in [2.24, 2.45) is 0 Å². The zero-order chi connectivity index (χ0) is 30.0. The van der Waals surface area contributed by atoms with E-state index in [9.17, 15) is 4.79 Å². The van der Waals surface area contributed by atoms with Crippen LogP contribution in [0.5, 0.6) is 0 Å². The molecule has 43 heavy (non-hydrogen) atoms. The van der Waals surface area contributed by atoms with Gasteiger partial charge in [0, 0.05) is 23.1 Å². The lowest BCUT2D eigenvalue weighted by Crippen LogP contribution is -2.10. The van der Waals surface area contributed by atoms with Gasteiger partial charge in [-0.2, -0.15) is 0 Å². The van der Waals surface area contributed by atoms with Gasteiger partial charge in [-0.1, -0.05) is 116 Å². The van der Waals surface area contributed by atoms with Gasteiger partial charge >= 0.3 is 5.97 Å². The number of esters is 1. The molecule has 0 spiro atoms. The molecule has 3 nitrogen and oxygen atoms in total. The normalized spacial score (nSPS) is 11.2. The van der Waals surface area contributed by atoms with Gasteiger partial charge in [0.05, 0.1) is 0 Å². The highest BCUT2D eigenvalue weighted by molar-refractivity contribution is 5.92. The fourth-order valence-electron chi connectivity index (χ4n) is 5.07. The zero-order valence-electron chi connectivity index (χ0n) is 24.9. The number of ether oxygens (including phenoxy) is 1. The number of anilines is 3. The second kappa shape index (κ2) is 14.2. The molecule has 0 aromatic heterocycles. The highest BCUT2D eigenvalue weighted by Crippen LogP contribution is 2.35. The first kappa shape index (κ1) is 29.3. The summed E-state index contributed by atoms with van der Waals surface area (Å²) in [5, 5.41) is 0. The van der Waals surface area contributed by atoms with Crippen molar-refractivity contribution in [1.29, 1.82) is 0 Å². The van der Waals surface area contributed by atoms with Gasteiger partial charge < -0.3 is 9.64 Å². The van der Waals surface area contributed by atoms with E-state index in [1.807, 2.05) is 12.1 Å². The van der Waals surface area contributed by atoms with E-state index in [2.05, 4.69) is 147 Å². The van der Waals surface area contributed by atoms with Crippen molar-refractivity contribution >= 4 is 34.7 Å². The van der Waals surface area contributed by atoms with Gasteiger partial charge in [0.15, 0.2) is 0 Å². The third-order valence-electron chi connectivity index (χ3n) is 7.39. The van der Waals surface area contributed by atoms with E-state index in [1.165, 1.54) is 33.9 Å². The maximum absolute atomic E-state index is 11.5. The minimum absolute atomic E-state index is 0.210. The van der Waals surface area contributed by atoms with Crippen LogP contribution in [0.25, 0.3) is 11.6 Å². The first-order valence-corrected chi connectivity index (χ1v) is 14.8. The van der Waals surface area contributed by atoms with Gasteiger partial charge in [0.2, 0.25) is 0 Å². The standard InChI is InChI=1S/C40H37NO2/c1-4-9-31-14-20-35(21-15-31)39(34-10-7-6-8-11-34)28-32-16-24-37(25-17-32)41(36-22-12-30(3)13-23-36)38-26-18-33(19-27-38)29-43-40(42)5-2/h5-8,10-28H,2,4,9,29H2,1,3H3/b39-28+. The first-order chi connectivity index (χ1) is 21.0. The summed E-state index contributed by atoms with van der Waals surface area (Å²) in [5.74, 6) is -0.427. The van der Waals surface area contributed by atoms with Crippen molar-refractivity contribution in [3.8, 4) is 0 Å². The monoisotopic (exact) mass is 563 g/mol. The number of hydrogen-bond acceptors (Lipinski definition) is 3. The fourth-order valence-corrected chi connectivity index (χ4v) is 5.07. The maximum atomic E-state index is 11.5. The Morgan fingerprint density at radius 1 is 0.698 bits per heavy atom. The van der Waals surface area contributed by atoms with Crippen LogP contribution in [0.1, 0.15) is 46.7 Å². The van der Waals surface area contributed by atoms with E-state index in [0.717, 1.165) is 41.0 Å². The molecule has 0 atom stereocenters. The molecule has 0 saturated carbocycles. The molecule has 0 aliphatic carbocycles. The number of carbonyl (C=O) groups excluding carboxylic acids is 1. The zero-order valence-corrected chi connectivity index (χ0v) is 24.9. The van der Waals surface area contributed by atoms with Crippen LogP contribution in [0.3, 0.4) is 0 Å². The number of rotatable bonds is 11. The Morgan fingerprint density at radius 3 is 1.81 bits per heavy atom. The van der Waals surface area contributed by atoms with E-state index in [4.69, 9.17) is 4.74 Å². The Balaban J connectivity index is 1.48. The molecule has 3 heteroatoms. The second-order valence-corrected chi connectivity index (χ2v) is 10.6. The summed E-state index contributed by atoms with van der Waals surface area (Å²) in [6.45, 7) is 7.98. The highest BCUT2D eigenvalue weighted by atomic mass is 16.5. The van der Waals surface area contributed by atoms with Crippen LogP contribution >= 0.6 is 0 Å². The molecule has 5 aromatic carbocycles. The number of benzene rings is 5. The summed E-state index contributed by atoms with van der Waals surface area (Å²) in [7, 11) is 0. The van der Waals surface area contributed by atoms with E-state index >= 15 is 0 Å². The summed E-state index contributed by atoms with van der Waals surface area (Å²) in [6, 6.07) is 44.8. The van der Waals surface area contributed by atoms with Gasteiger partial charge in [-0.3, -0.25) is 0 Å². The van der Waals surface area contributed by atoms with Crippen molar-refractivity contribution in [2.75, 3.05) is 4.90 Å². The summed E-state index contributed by atoms with van der Waals surface area (Å²) in [6.07, 6.45) is 5.68.